The second kappa shape index (κ2) is 8.95. The topological polar surface area (TPSA) is 83.7 Å². The number of carbonyl (C=O) groups is 1. The molecule has 2 aromatic rings. The van der Waals surface area contributed by atoms with Crippen molar-refractivity contribution < 1.29 is 14.3 Å². The third-order valence-corrected chi connectivity index (χ3v) is 4.79. The SMILES string of the molecule is COc1ccc(NC2NNC(Cc3ccc(C(C)C)cc3)C(=O)N2)cc1OC. The number of amides is 1. The van der Waals surface area contributed by atoms with Crippen molar-refractivity contribution in [3.63, 3.8) is 0 Å². The van der Waals surface area contributed by atoms with Crippen LogP contribution < -0.4 is 31.0 Å². The van der Waals surface area contributed by atoms with Crippen LogP contribution in [0.5, 0.6) is 11.5 Å². The zero-order valence-electron chi connectivity index (χ0n) is 16.7. The molecule has 0 spiro atoms. The number of nitrogens with one attached hydrogen (secondary N) is 4. The van der Waals surface area contributed by atoms with Crippen LogP contribution in [0.25, 0.3) is 0 Å². The Balaban J connectivity index is 1.57. The van der Waals surface area contributed by atoms with E-state index in [0.717, 1.165) is 11.3 Å². The highest BCUT2D eigenvalue weighted by Crippen LogP contribution is 2.29. The van der Waals surface area contributed by atoms with Gasteiger partial charge in [-0.05, 0) is 35.6 Å². The Morgan fingerprint density at radius 3 is 2.32 bits per heavy atom. The maximum absolute atomic E-state index is 12.5. The predicted molar refractivity (Wildman–Crippen MR) is 109 cm³/mol. The van der Waals surface area contributed by atoms with Crippen LogP contribution in [0.4, 0.5) is 5.69 Å². The molecule has 1 aliphatic rings. The van der Waals surface area contributed by atoms with Gasteiger partial charge < -0.3 is 20.1 Å². The van der Waals surface area contributed by atoms with Crippen LogP contribution in [0.3, 0.4) is 0 Å². The molecule has 1 fully saturated rings. The van der Waals surface area contributed by atoms with E-state index in [9.17, 15) is 4.79 Å². The molecule has 28 heavy (non-hydrogen) atoms. The molecule has 7 nitrogen and oxygen atoms in total. The standard InChI is InChI=1S/C21H28N4O3/c1-13(2)15-7-5-14(6-8-15)11-17-20(26)23-21(25-24-17)22-16-9-10-18(27-3)19(12-16)28-4/h5-10,12-13,17,21-22,24-25H,11H2,1-4H3,(H,23,26). The van der Waals surface area contributed by atoms with E-state index >= 15 is 0 Å². The zero-order chi connectivity index (χ0) is 20.1. The predicted octanol–water partition coefficient (Wildman–Crippen LogP) is 2.36. The van der Waals surface area contributed by atoms with Gasteiger partial charge in [0.15, 0.2) is 17.8 Å². The monoisotopic (exact) mass is 384 g/mol. The molecule has 0 aliphatic carbocycles. The molecule has 0 aromatic heterocycles. The summed E-state index contributed by atoms with van der Waals surface area (Å²) in [5.74, 6) is 1.69. The van der Waals surface area contributed by atoms with Gasteiger partial charge in [0.1, 0.15) is 6.04 Å². The quantitative estimate of drug-likeness (QED) is 0.587. The third kappa shape index (κ3) is 4.74. The Morgan fingerprint density at radius 1 is 1.00 bits per heavy atom. The molecule has 3 rings (SSSR count). The molecule has 1 heterocycles. The van der Waals surface area contributed by atoms with E-state index in [-0.39, 0.29) is 11.9 Å². The number of anilines is 1. The van der Waals surface area contributed by atoms with Gasteiger partial charge >= 0.3 is 0 Å². The van der Waals surface area contributed by atoms with Crippen LogP contribution in [0.2, 0.25) is 0 Å². The van der Waals surface area contributed by atoms with Gasteiger partial charge in [0.25, 0.3) is 0 Å². The minimum Gasteiger partial charge on any atom is -0.493 e. The van der Waals surface area contributed by atoms with Gasteiger partial charge in [-0.25, -0.2) is 10.9 Å². The van der Waals surface area contributed by atoms with E-state index < -0.39 is 6.29 Å². The first-order valence-corrected chi connectivity index (χ1v) is 9.39. The lowest BCUT2D eigenvalue weighted by Gasteiger charge is -2.32. The number of methoxy groups -OCH3 is 2. The first-order chi connectivity index (χ1) is 13.5. The molecule has 0 saturated carbocycles. The van der Waals surface area contributed by atoms with Crippen molar-refractivity contribution in [2.24, 2.45) is 0 Å². The van der Waals surface area contributed by atoms with Gasteiger partial charge in [-0.15, -0.1) is 0 Å². The van der Waals surface area contributed by atoms with E-state index in [1.165, 1.54) is 5.56 Å². The van der Waals surface area contributed by atoms with Crippen molar-refractivity contribution in [3.8, 4) is 11.5 Å². The smallest absolute Gasteiger partial charge is 0.241 e. The van der Waals surface area contributed by atoms with Crippen LogP contribution in [0, 0.1) is 0 Å². The normalized spacial score (nSPS) is 19.2. The van der Waals surface area contributed by atoms with Crippen LogP contribution in [-0.4, -0.2) is 32.5 Å². The largest absolute Gasteiger partial charge is 0.493 e. The van der Waals surface area contributed by atoms with Crippen molar-refractivity contribution in [1.29, 1.82) is 0 Å². The molecule has 7 heteroatoms. The molecule has 0 bridgehead atoms. The fourth-order valence-electron chi connectivity index (χ4n) is 3.11. The summed E-state index contributed by atoms with van der Waals surface area (Å²) in [4.78, 5) is 12.5. The lowest BCUT2D eigenvalue weighted by Crippen LogP contribution is -2.68. The summed E-state index contributed by atoms with van der Waals surface area (Å²) in [6.45, 7) is 4.33. The molecule has 4 N–H and O–H groups in total. The molecular formula is C21H28N4O3. The molecule has 0 radical (unpaired) electrons. The highest BCUT2D eigenvalue weighted by Gasteiger charge is 2.27. The summed E-state index contributed by atoms with van der Waals surface area (Å²) in [6, 6.07) is 13.5. The summed E-state index contributed by atoms with van der Waals surface area (Å²) in [7, 11) is 3.18. The van der Waals surface area contributed by atoms with Gasteiger partial charge in [0.05, 0.1) is 14.2 Å². The molecule has 2 atom stereocenters. The van der Waals surface area contributed by atoms with Crippen molar-refractivity contribution in [2.75, 3.05) is 19.5 Å². The average Bonchev–Trinajstić information content (AvgIpc) is 2.70. The molecule has 1 saturated heterocycles. The lowest BCUT2D eigenvalue weighted by atomic mass is 9.99. The van der Waals surface area contributed by atoms with Gasteiger partial charge in [0.2, 0.25) is 5.91 Å². The lowest BCUT2D eigenvalue weighted by molar-refractivity contribution is -0.126. The minimum absolute atomic E-state index is 0.0651. The summed E-state index contributed by atoms with van der Waals surface area (Å²) >= 11 is 0. The molecular weight excluding hydrogens is 356 g/mol. The zero-order valence-corrected chi connectivity index (χ0v) is 16.7. The molecule has 150 valence electrons. The highest BCUT2D eigenvalue weighted by atomic mass is 16.5. The summed E-state index contributed by atoms with van der Waals surface area (Å²) in [5.41, 5.74) is 9.40. The van der Waals surface area contributed by atoms with Crippen LogP contribution >= 0.6 is 0 Å². The van der Waals surface area contributed by atoms with E-state index in [2.05, 4.69) is 59.6 Å². The highest BCUT2D eigenvalue weighted by molar-refractivity contribution is 5.83. The fraction of sp³-hybridized carbons (Fsp3) is 0.381. The Hall–Kier alpha value is -2.77. The maximum atomic E-state index is 12.5. The van der Waals surface area contributed by atoms with Crippen molar-refractivity contribution in [1.82, 2.24) is 16.2 Å². The number of hydrogen-bond acceptors (Lipinski definition) is 6. The van der Waals surface area contributed by atoms with Crippen molar-refractivity contribution in [2.45, 2.75) is 38.5 Å². The number of hydrogen-bond donors (Lipinski definition) is 4. The van der Waals surface area contributed by atoms with Crippen molar-refractivity contribution in [3.05, 3.63) is 53.6 Å². The van der Waals surface area contributed by atoms with E-state index in [0.29, 0.717) is 23.8 Å². The number of benzene rings is 2. The first kappa shape index (κ1) is 20.0. The van der Waals surface area contributed by atoms with Crippen LogP contribution in [0.15, 0.2) is 42.5 Å². The molecule has 2 aromatic carbocycles. The molecule has 1 aliphatic heterocycles. The maximum Gasteiger partial charge on any atom is 0.241 e. The van der Waals surface area contributed by atoms with Gasteiger partial charge in [-0.3, -0.25) is 4.79 Å². The molecule has 2 unspecified atom stereocenters. The van der Waals surface area contributed by atoms with E-state index in [1.54, 1.807) is 14.2 Å². The van der Waals surface area contributed by atoms with Crippen molar-refractivity contribution >= 4 is 11.6 Å². The van der Waals surface area contributed by atoms with Gasteiger partial charge in [-0.1, -0.05) is 38.1 Å². The Kier molecular flexibility index (Phi) is 6.38. The Bertz CT molecular complexity index is 808. The fourth-order valence-corrected chi connectivity index (χ4v) is 3.11. The average molecular weight is 384 g/mol. The van der Waals surface area contributed by atoms with Gasteiger partial charge in [-0.2, -0.15) is 0 Å². The van der Waals surface area contributed by atoms with E-state index in [1.807, 2.05) is 18.2 Å². The van der Waals surface area contributed by atoms with Crippen LogP contribution in [-0.2, 0) is 11.2 Å². The third-order valence-electron chi connectivity index (χ3n) is 4.79. The molecule has 1 amide bonds. The summed E-state index contributed by atoms with van der Waals surface area (Å²) < 4.78 is 10.5. The first-order valence-electron chi connectivity index (χ1n) is 9.39. The number of ether oxygens (including phenoxy) is 2. The second-order valence-electron chi connectivity index (χ2n) is 7.10. The summed E-state index contributed by atoms with van der Waals surface area (Å²) in [6.07, 6.45) is 0.172. The summed E-state index contributed by atoms with van der Waals surface area (Å²) in [5, 5.41) is 6.14. The van der Waals surface area contributed by atoms with Crippen LogP contribution in [0.1, 0.15) is 30.9 Å². The number of hydrazine groups is 1. The Morgan fingerprint density at radius 2 is 1.71 bits per heavy atom. The van der Waals surface area contributed by atoms with E-state index in [4.69, 9.17) is 9.47 Å². The second-order valence-corrected chi connectivity index (χ2v) is 7.10. The Labute approximate surface area is 165 Å². The number of rotatable bonds is 7. The number of carbonyl (C=O) groups excluding carboxylic acids is 1. The van der Waals surface area contributed by atoms with Gasteiger partial charge in [0, 0.05) is 11.8 Å². The minimum atomic E-state index is -0.440.